The van der Waals surface area contributed by atoms with Gasteiger partial charge in [-0.2, -0.15) is 0 Å². The molecule has 0 aliphatic carbocycles. The summed E-state index contributed by atoms with van der Waals surface area (Å²) in [6.07, 6.45) is 0. The molecule has 1 heterocycles. The molecule has 3 aromatic rings. The second-order valence-electron chi connectivity index (χ2n) is 5.80. The minimum Gasteiger partial charge on any atom is -0.491 e. The SMILES string of the molecule is CC(NCc1ccccc1OCCO)c1nc2ccccc2n1C. The lowest BCUT2D eigenvalue weighted by Crippen LogP contribution is -2.21. The molecule has 24 heavy (non-hydrogen) atoms. The number of aryl methyl sites for hydroxylation is 1. The molecule has 2 aromatic carbocycles. The summed E-state index contributed by atoms with van der Waals surface area (Å²) < 4.78 is 7.71. The average Bonchev–Trinajstić information content (AvgIpc) is 2.96. The van der Waals surface area contributed by atoms with Crippen LogP contribution in [-0.4, -0.2) is 27.9 Å². The number of aromatic nitrogens is 2. The van der Waals surface area contributed by atoms with Crippen LogP contribution in [0.3, 0.4) is 0 Å². The Morgan fingerprint density at radius 2 is 1.92 bits per heavy atom. The van der Waals surface area contributed by atoms with Crippen LogP contribution < -0.4 is 10.1 Å². The summed E-state index contributed by atoms with van der Waals surface area (Å²) in [7, 11) is 2.04. The number of hydrogen-bond donors (Lipinski definition) is 2. The third-order valence-corrected chi connectivity index (χ3v) is 4.13. The number of hydrogen-bond acceptors (Lipinski definition) is 4. The molecule has 0 aliphatic rings. The fourth-order valence-electron chi connectivity index (χ4n) is 2.85. The summed E-state index contributed by atoms with van der Waals surface area (Å²) in [6.45, 7) is 3.10. The van der Waals surface area contributed by atoms with Gasteiger partial charge in [-0.3, -0.25) is 0 Å². The standard InChI is InChI=1S/C19H23N3O2/c1-14(19-21-16-8-4-5-9-17(16)22(19)2)20-13-15-7-3-6-10-18(15)24-12-11-23/h3-10,14,20,23H,11-13H2,1-2H3. The van der Waals surface area contributed by atoms with Gasteiger partial charge in [0.2, 0.25) is 0 Å². The predicted octanol–water partition coefficient (Wildman–Crippen LogP) is 2.80. The maximum absolute atomic E-state index is 8.93. The molecule has 0 saturated heterocycles. The van der Waals surface area contributed by atoms with Gasteiger partial charge in [0.15, 0.2) is 0 Å². The second kappa shape index (κ2) is 7.47. The molecule has 0 amide bonds. The minimum atomic E-state index is 0.0119. The lowest BCUT2D eigenvalue weighted by molar-refractivity contribution is 0.200. The number of rotatable bonds is 7. The molecular weight excluding hydrogens is 302 g/mol. The van der Waals surface area contributed by atoms with Crippen molar-refractivity contribution in [1.29, 1.82) is 0 Å². The maximum atomic E-state index is 8.93. The van der Waals surface area contributed by atoms with Crippen LogP contribution in [0.1, 0.15) is 24.4 Å². The first kappa shape index (κ1) is 16.5. The van der Waals surface area contributed by atoms with E-state index < -0.39 is 0 Å². The number of nitrogens with one attached hydrogen (secondary N) is 1. The molecule has 0 fully saturated rings. The Labute approximate surface area is 141 Å². The predicted molar refractivity (Wildman–Crippen MR) is 95.0 cm³/mol. The Kier molecular flexibility index (Phi) is 5.13. The van der Waals surface area contributed by atoms with Gasteiger partial charge in [0, 0.05) is 19.2 Å². The number of para-hydroxylation sites is 3. The molecule has 0 spiro atoms. The van der Waals surface area contributed by atoms with Gasteiger partial charge in [-0.1, -0.05) is 30.3 Å². The van der Waals surface area contributed by atoms with Crippen LogP contribution in [0.25, 0.3) is 11.0 Å². The summed E-state index contributed by atoms with van der Waals surface area (Å²) in [6, 6.07) is 16.1. The van der Waals surface area contributed by atoms with Crippen LogP contribution in [0, 0.1) is 0 Å². The largest absolute Gasteiger partial charge is 0.491 e. The van der Waals surface area contributed by atoms with Crippen molar-refractivity contribution >= 4 is 11.0 Å². The topological polar surface area (TPSA) is 59.3 Å². The van der Waals surface area contributed by atoms with E-state index in [-0.39, 0.29) is 12.6 Å². The molecule has 1 unspecified atom stereocenters. The molecule has 0 radical (unpaired) electrons. The van der Waals surface area contributed by atoms with Crippen molar-refractivity contribution in [3.8, 4) is 5.75 Å². The van der Waals surface area contributed by atoms with Gasteiger partial charge in [0.1, 0.15) is 18.2 Å². The molecule has 5 nitrogen and oxygen atoms in total. The van der Waals surface area contributed by atoms with E-state index in [4.69, 9.17) is 14.8 Å². The number of imidazole rings is 1. The van der Waals surface area contributed by atoms with Crippen molar-refractivity contribution in [2.75, 3.05) is 13.2 Å². The number of aliphatic hydroxyl groups excluding tert-OH is 1. The number of benzene rings is 2. The van der Waals surface area contributed by atoms with Gasteiger partial charge in [0.05, 0.1) is 23.7 Å². The van der Waals surface area contributed by atoms with Crippen molar-refractivity contribution in [3.05, 3.63) is 59.9 Å². The number of nitrogens with zero attached hydrogens (tertiary/aromatic N) is 2. The lowest BCUT2D eigenvalue weighted by Gasteiger charge is -2.16. The summed E-state index contributed by atoms with van der Waals surface area (Å²) in [5.74, 6) is 1.81. The molecule has 5 heteroatoms. The molecule has 0 saturated carbocycles. The molecule has 1 atom stereocenters. The number of fused-ring (bicyclic) bond motifs is 1. The van der Waals surface area contributed by atoms with E-state index in [1.165, 1.54) is 0 Å². The van der Waals surface area contributed by atoms with Gasteiger partial charge in [-0.15, -0.1) is 0 Å². The summed E-state index contributed by atoms with van der Waals surface area (Å²) in [5, 5.41) is 12.4. The molecular formula is C19H23N3O2. The van der Waals surface area contributed by atoms with Crippen LogP contribution in [0.2, 0.25) is 0 Å². The highest BCUT2D eigenvalue weighted by Gasteiger charge is 2.14. The summed E-state index contributed by atoms with van der Waals surface area (Å²) in [5.41, 5.74) is 3.21. The van der Waals surface area contributed by atoms with Gasteiger partial charge in [0.25, 0.3) is 0 Å². The van der Waals surface area contributed by atoms with Crippen molar-refractivity contribution in [3.63, 3.8) is 0 Å². The Morgan fingerprint density at radius 3 is 2.71 bits per heavy atom. The second-order valence-corrected chi connectivity index (χ2v) is 5.80. The van der Waals surface area contributed by atoms with Crippen LogP contribution in [-0.2, 0) is 13.6 Å². The van der Waals surface area contributed by atoms with Crippen LogP contribution in [0.15, 0.2) is 48.5 Å². The zero-order valence-corrected chi connectivity index (χ0v) is 14.1. The van der Waals surface area contributed by atoms with Crippen LogP contribution >= 0.6 is 0 Å². The van der Waals surface area contributed by atoms with Crippen LogP contribution in [0.5, 0.6) is 5.75 Å². The third-order valence-electron chi connectivity index (χ3n) is 4.13. The lowest BCUT2D eigenvalue weighted by atomic mass is 10.2. The first-order valence-corrected chi connectivity index (χ1v) is 8.17. The highest BCUT2D eigenvalue weighted by molar-refractivity contribution is 5.75. The fraction of sp³-hybridized carbons (Fsp3) is 0.316. The molecule has 126 valence electrons. The highest BCUT2D eigenvalue weighted by atomic mass is 16.5. The van der Waals surface area contributed by atoms with Crippen molar-refractivity contribution < 1.29 is 9.84 Å². The smallest absolute Gasteiger partial charge is 0.126 e. The van der Waals surface area contributed by atoms with E-state index in [1.807, 2.05) is 49.5 Å². The van der Waals surface area contributed by atoms with Gasteiger partial charge < -0.3 is 19.7 Å². The van der Waals surface area contributed by atoms with E-state index >= 15 is 0 Å². The Balaban J connectivity index is 1.73. The van der Waals surface area contributed by atoms with Gasteiger partial charge >= 0.3 is 0 Å². The molecule has 0 bridgehead atoms. The zero-order valence-electron chi connectivity index (χ0n) is 14.1. The zero-order chi connectivity index (χ0) is 16.9. The fourth-order valence-corrected chi connectivity index (χ4v) is 2.85. The van der Waals surface area contributed by atoms with E-state index in [0.29, 0.717) is 13.2 Å². The first-order chi connectivity index (χ1) is 11.7. The van der Waals surface area contributed by atoms with E-state index in [2.05, 4.69) is 22.9 Å². The minimum absolute atomic E-state index is 0.0119. The van der Waals surface area contributed by atoms with E-state index in [9.17, 15) is 0 Å². The molecule has 0 aliphatic heterocycles. The molecule has 1 aromatic heterocycles. The molecule has 3 rings (SSSR count). The Morgan fingerprint density at radius 1 is 1.17 bits per heavy atom. The monoisotopic (exact) mass is 325 g/mol. The van der Waals surface area contributed by atoms with Crippen molar-refractivity contribution in [2.45, 2.75) is 19.5 Å². The average molecular weight is 325 g/mol. The van der Waals surface area contributed by atoms with Gasteiger partial charge in [-0.25, -0.2) is 4.98 Å². The number of ether oxygens (including phenoxy) is 1. The quantitative estimate of drug-likeness (QED) is 0.701. The summed E-state index contributed by atoms with van der Waals surface area (Å²) >= 11 is 0. The van der Waals surface area contributed by atoms with Crippen molar-refractivity contribution in [2.24, 2.45) is 7.05 Å². The van der Waals surface area contributed by atoms with Crippen LogP contribution in [0.4, 0.5) is 0 Å². The van der Waals surface area contributed by atoms with Crippen molar-refractivity contribution in [1.82, 2.24) is 14.9 Å². The Bertz CT molecular complexity index is 813. The number of aliphatic hydroxyl groups is 1. The maximum Gasteiger partial charge on any atom is 0.126 e. The molecule has 2 N–H and O–H groups in total. The summed E-state index contributed by atoms with van der Waals surface area (Å²) in [4.78, 5) is 4.73. The third kappa shape index (κ3) is 3.42. The normalized spacial score (nSPS) is 12.5. The van der Waals surface area contributed by atoms with Gasteiger partial charge in [-0.05, 0) is 25.1 Å². The first-order valence-electron chi connectivity index (χ1n) is 8.17. The van der Waals surface area contributed by atoms with E-state index in [0.717, 1.165) is 28.2 Å². The Hall–Kier alpha value is -2.37. The van der Waals surface area contributed by atoms with E-state index in [1.54, 1.807) is 0 Å². The highest BCUT2D eigenvalue weighted by Crippen LogP contribution is 2.21.